The number of terminal acetylenes is 1. The molecular formula is C21H14BrNO5S. The molecule has 0 aliphatic carbocycles. The Labute approximate surface area is 179 Å². The summed E-state index contributed by atoms with van der Waals surface area (Å²) in [5.74, 6) is 1.38. The standard InChI is InChI=1S/C21H14BrNO5S/c1-2-9-23-19(24)18(29-21(23)27)11-15-10-16(22)7-8-17(15)28-12-13-3-5-14(6-4-13)20(25)26/h1,3-8,10-11H,9,12H2,(H,25,26). The molecule has 2 aromatic rings. The van der Waals surface area contributed by atoms with E-state index >= 15 is 0 Å². The zero-order chi connectivity index (χ0) is 21.0. The molecule has 0 radical (unpaired) electrons. The van der Waals surface area contributed by atoms with Crippen molar-refractivity contribution >= 4 is 50.9 Å². The number of imide groups is 1. The molecule has 0 saturated carbocycles. The van der Waals surface area contributed by atoms with E-state index in [0.717, 1.165) is 26.7 Å². The third-order valence-corrected chi connectivity index (χ3v) is 5.38. The van der Waals surface area contributed by atoms with E-state index in [2.05, 4.69) is 21.9 Å². The zero-order valence-corrected chi connectivity index (χ0v) is 17.3. The van der Waals surface area contributed by atoms with Gasteiger partial charge in [0.15, 0.2) is 0 Å². The fourth-order valence-electron chi connectivity index (χ4n) is 2.54. The minimum absolute atomic E-state index is 0.0732. The van der Waals surface area contributed by atoms with Crippen molar-refractivity contribution in [1.82, 2.24) is 4.90 Å². The first-order valence-electron chi connectivity index (χ1n) is 8.32. The summed E-state index contributed by atoms with van der Waals surface area (Å²) >= 11 is 4.22. The number of hydrogen-bond donors (Lipinski definition) is 1. The Morgan fingerprint density at radius 2 is 1.97 bits per heavy atom. The maximum Gasteiger partial charge on any atom is 0.335 e. The smallest absolute Gasteiger partial charge is 0.335 e. The molecule has 29 heavy (non-hydrogen) atoms. The van der Waals surface area contributed by atoms with E-state index in [9.17, 15) is 14.4 Å². The molecule has 2 amide bonds. The van der Waals surface area contributed by atoms with E-state index in [-0.39, 0.29) is 23.6 Å². The van der Waals surface area contributed by atoms with Gasteiger partial charge in [-0.25, -0.2) is 4.79 Å². The minimum atomic E-state index is -0.994. The highest BCUT2D eigenvalue weighted by Crippen LogP contribution is 2.34. The van der Waals surface area contributed by atoms with Crippen LogP contribution in [0.4, 0.5) is 4.79 Å². The van der Waals surface area contributed by atoms with Crippen LogP contribution in [0.1, 0.15) is 21.5 Å². The number of ether oxygens (including phenoxy) is 1. The number of thioether (sulfide) groups is 1. The topological polar surface area (TPSA) is 83.9 Å². The van der Waals surface area contributed by atoms with Crippen LogP contribution < -0.4 is 4.74 Å². The first-order valence-corrected chi connectivity index (χ1v) is 9.93. The van der Waals surface area contributed by atoms with Crippen molar-refractivity contribution in [2.75, 3.05) is 6.54 Å². The summed E-state index contributed by atoms with van der Waals surface area (Å²) in [6.07, 6.45) is 6.80. The van der Waals surface area contributed by atoms with Gasteiger partial charge in [-0.1, -0.05) is 34.0 Å². The SMILES string of the molecule is C#CCN1C(=O)SC(=Cc2cc(Br)ccc2OCc2ccc(C(=O)O)cc2)C1=O. The number of carboxylic acids is 1. The Hall–Kier alpha value is -3.02. The van der Waals surface area contributed by atoms with Crippen LogP contribution >= 0.6 is 27.7 Å². The Balaban J connectivity index is 1.81. The largest absolute Gasteiger partial charge is 0.488 e. The molecule has 0 bridgehead atoms. The number of rotatable bonds is 6. The highest BCUT2D eigenvalue weighted by atomic mass is 79.9. The van der Waals surface area contributed by atoms with Gasteiger partial charge in [0.2, 0.25) is 0 Å². The Kier molecular flexibility index (Phi) is 6.42. The average Bonchev–Trinajstić information content (AvgIpc) is 2.95. The number of nitrogens with zero attached hydrogens (tertiary/aromatic N) is 1. The molecule has 1 fully saturated rings. The lowest BCUT2D eigenvalue weighted by Gasteiger charge is -2.11. The lowest BCUT2D eigenvalue weighted by atomic mass is 10.1. The second-order valence-corrected chi connectivity index (χ2v) is 7.85. The fraction of sp³-hybridized carbons (Fsp3) is 0.0952. The number of hydrogen-bond acceptors (Lipinski definition) is 5. The van der Waals surface area contributed by atoms with Gasteiger partial charge in [0.1, 0.15) is 12.4 Å². The summed E-state index contributed by atoms with van der Waals surface area (Å²) in [4.78, 5) is 36.6. The average molecular weight is 472 g/mol. The molecule has 1 aliphatic heterocycles. The number of halogens is 1. The van der Waals surface area contributed by atoms with Gasteiger partial charge in [-0.05, 0) is 53.7 Å². The summed E-state index contributed by atoms with van der Waals surface area (Å²) in [5, 5.41) is 8.56. The van der Waals surface area contributed by atoms with Crippen molar-refractivity contribution in [2.45, 2.75) is 6.61 Å². The first-order chi connectivity index (χ1) is 13.9. The third-order valence-electron chi connectivity index (χ3n) is 3.98. The highest BCUT2D eigenvalue weighted by Gasteiger charge is 2.34. The number of aromatic carboxylic acids is 1. The number of amides is 2. The van der Waals surface area contributed by atoms with Crippen LogP contribution in [-0.2, 0) is 11.4 Å². The molecule has 0 unspecified atom stereocenters. The van der Waals surface area contributed by atoms with Crippen molar-refractivity contribution in [1.29, 1.82) is 0 Å². The lowest BCUT2D eigenvalue weighted by Crippen LogP contribution is -2.28. The van der Waals surface area contributed by atoms with Gasteiger partial charge >= 0.3 is 5.97 Å². The van der Waals surface area contributed by atoms with Crippen LogP contribution in [-0.4, -0.2) is 33.7 Å². The summed E-state index contributed by atoms with van der Waals surface area (Å²) in [6.45, 7) is 0.136. The van der Waals surface area contributed by atoms with Gasteiger partial charge < -0.3 is 9.84 Å². The fourth-order valence-corrected chi connectivity index (χ4v) is 3.74. The molecular weight excluding hydrogens is 458 g/mol. The van der Waals surface area contributed by atoms with Gasteiger partial charge in [-0.3, -0.25) is 14.5 Å². The molecule has 0 aromatic heterocycles. The third kappa shape index (κ3) is 4.88. The van der Waals surface area contributed by atoms with E-state index in [0.29, 0.717) is 11.3 Å². The van der Waals surface area contributed by atoms with Crippen LogP contribution in [0.5, 0.6) is 5.75 Å². The van der Waals surface area contributed by atoms with Gasteiger partial charge in [-0.2, -0.15) is 0 Å². The van der Waals surface area contributed by atoms with Gasteiger partial charge in [0.05, 0.1) is 17.0 Å². The monoisotopic (exact) mass is 471 g/mol. The number of carboxylic acid groups (broad SMARTS) is 1. The molecule has 1 heterocycles. The van der Waals surface area contributed by atoms with Crippen molar-refractivity contribution in [3.63, 3.8) is 0 Å². The quantitative estimate of drug-likeness (QED) is 0.496. The van der Waals surface area contributed by atoms with Crippen molar-refractivity contribution in [2.24, 2.45) is 0 Å². The molecule has 0 atom stereocenters. The lowest BCUT2D eigenvalue weighted by molar-refractivity contribution is -0.122. The maximum atomic E-state index is 12.4. The van der Waals surface area contributed by atoms with Gasteiger partial charge in [0, 0.05) is 10.0 Å². The van der Waals surface area contributed by atoms with E-state index in [1.165, 1.54) is 12.1 Å². The van der Waals surface area contributed by atoms with Gasteiger partial charge in [0.25, 0.3) is 11.1 Å². The Morgan fingerprint density at radius 1 is 1.24 bits per heavy atom. The first kappa shape index (κ1) is 20.7. The predicted molar refractivity (Wildman–Crippen MR) is 113 cm³/mol. The predicted octanol–water partition coefficient (Wildman–Crippen LogP) is 4.40. The normalized spacial score (nSPS) is 14.9. The van der Waals surface area contributed by atoms with Crippen LogP contribution in [0.2, 0.25) is 0 Å². The van der Waals surface area contributed by atoms with Crippen LogP contribution in [0.3, 0.4) is 0 Å². The molecule has 1 N–H and O–H groups in total. The summed E-state index contributed by atoms with van der Waals surface area (Å²) in [7, 11) is 0. The van der Waals surface area contributed by atoms with Crippen LogP contribution in [0.25, 0.3) is 6.08 Å². The molecule has 0 spiro atoms. The van der Waals surface area contributed by atoms with Crippen molar-refractivity contribution in [3.05, 3.63) is 68.5 Å². The van der Waals surface area contributed by atoms with Crippen molar-refractivity contribution in [3.8, 4) is 18.1 Å². The van der Waals surface area contributed by atoms with Crippen LogP contribution in [0, 0.1) is 12.3 Å². The summed E-state index contributed by atoms with van der Waals surface area (Å²) in [6, 6.07) is 11.7. The van der Waals surface area contributed by atoms with Gasteiger partial charge in [-0.15, -0.1) is 6.42 Å². The maximum absolute atomic E-state index is 12.4. The second kappa shape index (κ2) is 8.99. The van der Waals surface area contributed by atoms with Crippen LogP contribution in [0.15, 0.2) is 51.8 Å². The molecule has 6 nitrogen and oxygen atoms in total. The molecule has 146 valence electrons. The van der Waals surface area contributed by atoms with E-state index < -0.39 is 17.1 Å². The molecule has 3 rings (SSSR count). The Morgan fingerprint density at radius 3 is 2.62 bits per heavy atom. The summed E-state index contributed by atoms with van der Waals surface area (Å²) < 4.78 is 6.64. The number of carbonyl (C=O) groups is 3. The summed E-state index contributed by atoms with van der Waals surface area (Å²) in [5.41, 5.74) is 1.60. The zero-order valence-electron chi connectivity index (χ0n) is 14.9. The second-order valence-electron chi connectivity index (χ2n) is 5.94. The highest BCUT2D eigenvalue weighted by molar-refractivity contribution is 9.10. The minimum Gasteiger partial charge on any atom is -0.488 e. The molecule has 8 heteroatoms. The molecule has 2 aromatic carbocycles. The Bertz CT molecular complexity index is 1060. The van der Waals surface area contributed by atoms with Crippen molar-refractivity contribution < 1.29 is 24.2 Å². The number of carbonyl (C=O) groups excluding carboxylic acids is 2. The van der Waals surface area contributed by atoms with E-state index in [4.69, 9.17) is 16.3 Å². The number of benzene rings is 2. The van der Waals surface area contributed by atoms with E-state index in [1.807, 2.05) is 0 Å². The van der Waals surface area contributed by atoms with E-state index in [1.54, 1.807) is 36.4 Å². The molecule has 1 aliphatic rings. The molecule has 1 saturated heterocycles.